The van der Waals surface area contributed by atoms with Crippen LogP contribution in [-0.2, 0) is 30.1 Å². The van der Waals surface area contributed by atoms with Crippen molar-refractivity contribution in [1.29, 1.82) is 0 Å². The molecule has 0 fully saturated rings. The summed E-state index contributed by atoms with van der Waals surface area (Å²) in [4.78, 5) is 5.91. The molecule has 6 atom stereocenters. The number of hydrogen-bond donors (Lipinski definition) is 0. The first-order valence-electron chi connectivity index (χ1n) is 30.9. The van der Waals surface area contributed by atoms with Crippen LogP contribution >= 0.6 is 45.3 Å². The Bertz CT molecular complexity index is 3070. The smallest absolute Gasteiger partial charge is 0.0744 e. The van der Waals surface area contributed by atoms with Crippen LogP contribution in [0, 0.1) is 23.7 Å². The summed E-state index contributed by atoms with van der Waals surface area (Å²) in [6, 6.07) is 45.6. The molecule has 4 heterocycles. The van der Waals surface area contributed by atoms with E-state index < -0.39 is 10.8 Å². The van der Waals surface area contributed by atoms with E-state index >= 15 is 0 Å². The molecular weight excluding hydrogens is 1010 g/mol. The largest absolute Gasteiger partial charge is 0.143 e. The molecule has 0 aliphatic heterocycles. The highest BCUT2D eigenvalue weighted by Crippen LogP contribution is 2.69. The molecule has 406 valence electrons. The molecule has 0 bridgehead atoms. The summed E-state index contributed by atoms with van der Waals surface area (Å²) < 4.78 is 2.99. The van der Waals surface area contributed by atoms with Gasteiger partial charge in [-0.1, -0.05) is 256 Å². The van der Waals surface area contributed by atoms with E-state index in [0.29, 0.717) is 11.8 Å². The molecule has 2 aliphatic rings. The molecule has 0 spiro atoms. The Morgan fingerprint density at radius 3 is 1.04 bits per heavy atom. The van der Waals surface area contributed by atoms with Gasteiger partial charge in [0.2, 0.25) is 0 Å². The fourth-order valence-corrected chi connectivity index (χ4v) is 19.7. The zero-order valence-electron chi connectivity index (χ0n) is 48.5. The van der Waals surface area contributed by atoms with E-state index in [1.165, 1.54) is 198 Å². The zero-order chi connectivity index (χ0) is 53.7. The van der Waals surface area contributed by atoms with Crippen molar-refractivity contribution in [3.8, 4) is 19.5 Å². The highest BCUT2D eigenvalue weighted by atomic mass is 32.1. The van der Waals surface area contributed by atoms with Crippen LogP contribution in [-0.4, -0.2) is 0 Å². The number of fused-ring (bicyclic) bond motifs is 9. The normalized spacial score (nSPS) is 18.5. The molecule has 2 aliphatic carbocycles. The summed E-state index contributed by atoms with van der Waals surface area (Å²) in [5.41, 5.74) is 16.7. The van der Waals surface area contributed by atoms with Gasteiger partial charge in [-0.3, -0.25) is 0 Å². The second-order valence-corrected chi connectivity index (χ2v) is 27.6. The fourth-order valence-electron chi connectivity index (χ4n) is 14.4. The summed E-state index contributed by atoms with van der Waals surface area (Å²) in [6.45, 7) is 21.4. The standard InChI is InChI=1S/C73H90S4/c1-10-18-22-50(14-5)46-53-26-34-58(35-27-53)72(59-36-28-54(29-37-59)47-51(15-6)23-19-11-2)62-42-44-74-66(62)68-64(72)70-71(76-68)65-69(77-70)67-63(43-45-75-67)73(65,60-38-30-55(31-39-60)48-52(16-7)24-20-12-3)61-40-32-57(33-41-61)49(9)56(17-8)25-21-13-4/h26-45,49-52,56H,10-25,46-48H2,1-9H3. The van der Waals surface area contributed by atoms with Crippen molar-refractivity contribution < 1.29 is 0 Å². The Balaban J connectivity index is 1.18. The van der Waals surface area contributed by atoms with Crippen molar-refractivity contribution in [2.45, 2.75) is 201 Å². The van der Waals surface area contributed by atoms with Crippen molar-refractivity contribution >= 4 is 54.7 Å². The van der Waals surface area contributed by atoms with Crippen molar-refractivity contribution in [3.05, 3.63) is 187 Å². The number of hydrogen-bond acceptors (Lipinski definition) is 4. The second kappa shape index (κ2) is 25.2. The topological polar surface area (TPSA) is 0 Å². The van der Waals surface area contributed by atoms with Gasteiger partial charge in [0, 0.05) is 20.9 Å². The summed E-state index contributed by atoms with van der Waals surface area (Å²) in [5.74, 6) is 3.42. The predicted molar refractivity (Wildman–Crippen MR) is 343 cm³/mol. The van der Waals surface area contributed by atoms with E-state index in [4.69, 9.17) is 0 Å². The molecule has 4 aromatic heterocycles. The Hall–Kier alpha value is -4.06. The van der Waals surface area contributed by atoms with E-state index in [1.807, 2.05) is 22.7 Å². The molecule has 4 aromatic carbocycles. The Labute approximate surface area is 482 Å². The lowest BCUT2D eigenvalue weighted by Crippen LogP contribution is -2.29. The van der Waals surface area contributed by atoms with Crippen LogP contribution in [0.1, 0.15) is 238 Å². The van der Waals surface area contributed by atoms with E-state index in [1.54, 1.807) is 0 Å². The zero-order valence-corrected chi connectivity index (χ0v) is 51.8. The van der Waals surface area contributed by atoms with Crippen LogP contribution in [0.4, 0.5) is 0 Å². The quantitative estimate of drug-likeness (QED) is 0.0459. The summed E-state index contributed by atoms with van der Waals surface area (Å²) in [5, 5.41) is 4.79. The first-order chi connectivity index (χ1) is 37.7. The minimum Gasteiger partial charge on any atom is -0.143 e. The second-order valence-electron chi connectivity index (χ2n) is 23.8. The molecule has 6 unspecified atom stereocenters. The lowest BCUT2D eigenvalue weighted by Gasteiger charge is -2.34. The lowest BCUT2D eigenvalue weighted by atomic mass is 9.67. The van der Waals surface area contributed by atoms with Gasteiger partial charge in [0.15, 0.2) is 0 Å². The van der Waals surface area contributed by atoms with E-state index in [2.05, 4.69) is 205 Å². The van der Waals surface area contributed by atoms with Crippen molar-refractivity contribution in [2.24, 2.45) is 23.7 Å². The molecule has 4 heteroatoms. The van der Waals surface area contributed by atoms with E-state index in [-0.39, 0.29) is 0 Å². The molecule has 0 nitrogen and oxygen atoms in total. The maximum absolute atomic E-state index is 2.56. The van der Waals surface area contributed by atoms with Crippen molar-refractivity contribution in [2.75, 3.05) is 0 Å². The highest BCUT2D eigenvalue weighted by molar-refractivity contribution is 7.34. The Morgan fingerprint density at radius 2 is 0.714 bits per heavy atom. The molecule has 8 aromatic rings. The maximum Gasteiger partial charge on any atom is 0.0744 e. The molecular formula is C73H90S4. The molecule has 0 saturated heterocycles. The van der Waals surface area contributed by atoms with Gasteiger partial charge >= 0.3 is 0 Å². The highest BCUT2D eigenvalue weighted by Gasteiger charge is 2.54. The van der Waals surface area contributed by atoms with Crippen molar-refractivity contribution in [1.82, 2.24) is 0 Å². The summed E-state index contributed by atoms with van der Waals surface area (Å²) in [7, 11) is 0. The van der Waals surface area contributed by atoms with E-state index in [0.717, 1.165) is 37.0 Å². The minimum absolute atomic E-state index is 0.432. The van der Waals surface area contributed by atoms with E-state index in [9.17, 15) is 0 Å². The molecule has 0 N–H and O–H groups in total. The third-order valence-corrected chi connectivity index (χ3v) is 23.9. The number of rotatable bonds is 28. The minimum atomic E-state index is -0.439. The number of unbranched alkanes of at least 4 members (excludes halogenated alkanes) is 4. The average Bonchev–Trinajstić information content (AvgIpc) is 3.29. The van der Waals surface area contributed by atoms with Crippen LogP contribution in [0.15, 0.2) is 120 Å². The molecule has 10 rings (SSSR count). The van der Waals surface area contributed by atoms with Gasteiger partial charge in [0.05, 0.1) is 30.0 Å². The maximum atomic E-state index is 2.56. The first-order valence-corrected chi connectivity index (χ1v) is 34.3. The van der Waals surface area contributed by atoms with Crippen molar-refractivity contribution in [3.63, 3.8) is 0 Å². The fraction of sp³-hybridized carbons (Fsp3) is 0.479. The van der Waals surface area contributed by atoms with Crippen LogP contribution < -0.4 is 0 Å². The third-order valence-electron chi connectivity index (χ3n) is 19.2. The first kappa shape index (κ1) is 56.2. The molecule has 0 saturated carbocycles. The summed E-state index contributed by atoms with van der Waals surface area (Å²) in [6.07, 6.45) is 24.0. The van der Waals surface area contributed by atoms with Crippen LogP contribution in [0.3, 0.4) is 0 Å². The van der Waals surface area contributed by atoms with Gasteiger partial charge in [0.25, 0.3) is 0 Å². The Morgan fingerprint density at radius 1 is 0.377 bits per heavy atom. The van der Waals surface area contributed by atoms with Gasteiger partial charge in [-0.25, -0.2) is 0 Å². The van der Waals surface area contributed by atoms with Crippen LogP contribution in [0.2, 0.25) is 0 Å². The Kier molecular flexibility index (Phi) is 18.4. The van der Waals surface area contributed by atoms with Gasteiger partial charge in [-0.15, -0.1) is 45.3 Å². The van der Waals surface area contributed by atoms with Gasteiger partial charge in [0.1, 0.15) is 0 Å². The third kappa shape index (κ3) is 10.4. The SMILES string of the molecule is CCCCC(CC)Cc1ccc(C2(c3ccc(CC(CC)CCCC)cc3)c3ccsc3-c3sc4c5c(sc4c32)-c2sccc2C5(c2ccc(CC(CC)CCCC)cc2)c2ccc(C(C)C(CC)CCCC)cc2)cc1. The monoisotopic (exact) mass is 1090 g/mol. The van der Waals surface area contributed by atoms with Gasteiger partial charge in [-0.2, -0.15) is 0 Å². The molecule has 0 radical (unpaired) electrons. The van der Waals surface area contributed by atoms with Crippen LogP contribution in [0.25, 0.3) is 28.9 Å². The summed E-state index contributed by atoms with van der Waals surface area (Å²) >= 11 is 8.17. The lowest BCUT2D eigenvalue weighted by molar-refractivity contribution is 0.389. The molecule has 77 heavy (non-hydrogen) atoms. The predicted octanol–water partition coefficient (Wildman–Crippen LogP) is 23.4. The number of benzene rings is 4. The average molecular weight is 1100 g/mol. The number of thiophene rings is 4. The molecule has 0 amide bonds. The van der Waals surface area contributed by atoms with Crippen LogP contribution in [0.5, 0.6) is 0 Å². The van der Waals surface area contributed by atoms with Gasteiger partial charge < -0.3 is 0 Å². The van der Waals surface area contributed by atoms with Gasteiger partial charge in [-0.05, 0) is 134 Å².